The van der Waals surface area contributed by atoms with E-state index in [2.05, 4.69) is 21.2 Å². The topological polar surface area (TPSA) is 69.6 Å². The number of hydrogen-bond donors (Lipinski definition) is 2. The van der Waals surface area contributed by atoms with Crippen LogP contribution in [0.25, 0.3) is 0 Å². The molecule has 0 aliphatic heterocycles. The van der Waals surface area contributed by atoms with Gasteiger partial charge in [-0.15, -0.1) is 0 Å². The molecule has 0 heterocycles. The highest BCUT2D eigenvalue weighted by atomic mass is 79.9. The summed E-state index contributed by atoms with van der Waals surface area (Å²) in [6, 6.07) is 6.91. The number of benzene rings is 1. The largest absolute Gasteiger partial charge is 0.481 e. The molecule has 0 aliphatic carbocycles. The molecule has 0 unspecified atom stereocenters. The lowest BCUT2D eigenvalue weighted by molar-refractivity contribution is -0.137. The number of carboxylic acid groups (broad SMARTS) is 1. The van der Waals surface area contributed by atoms with Crippen molar-refractivity contribution in [1.82, 2.24) is 4.90 Å². The van der Waals surface area contributed by atoms with Gasteiger partial charge in [0.25, 0.3) is 0 Å². The van der Waals surface area contributed by atoms with Crippen molar-refractivity contribution in [1.29, 1.82) is 0 Å². The van der Waals surface area contributed by atoms with E-state index in [9.17, 15) is 9.59 Å². The van der Waals surface area contributed by atoms with Gasteiger partial charge in [-0.05, 0) is 45.0 Å². The van der Waals surface area contributed by atoms with E-state index in [-0.39, 0.29) is 19.0 Å². The van der Waals surface area contributed by atoms with E-state index in [0.717, 1.165) is 4.47 Å². The van der Waals surface area contributed by atoms with Crippen molar-refractivity contribution in [2.24, 2.45) is 0 Å². The van der Waals surface area contributed by atoms with Crippen molar-refractivity contribution in [3.05, 3.63) is 28.7 Å². The Balaban J connectivity index is 2.77. The summed E-state index contributed by atoms with van der Waals surface area (Å²) in [5, 5.41) is 11.5. The molecule has 1 aromatic carbocycles. The monoisotopic (exact) mass is 342 g/mol. The van der Waals surface area contributed by atoms with Crippen molar-refractivity contribution >= 4 is 33.6 Å². The molecular weight excluding hydrogens is 324 g/mol. The van der Waals surface area contributed by atoms with Gasteiger partial charge in [0.1, 0.15) is 0 Å². The van der Waals surface area contributed by atoms with E-state index in [0.29, 0.717) is 5.69 Å². The van der Waals surface area contributed by atoms with Gasteiger partial charge in [0, 0.05) is 22.2 Å². The first-order chi connectivity index (χ1) is 9.20. The van der Waals surface area contributed by atoms with E-state index in [4.69, 9.17) is 5.11 Å². The molecule has 110 valence electrons. The SMILES string of the molecule is CC(C)(C)N(CCC(=O)O)C(=O)Nc1ccc(Br)cc1. The Kier molecular flexibility index (Phi) is 5.56. The van der Waals surface area contributed by atoms with Gasteiger partial charge in [-0.1, -0.05) is 15.9 Å². The quantitative estimate of drug-likeness (QED) is 0.878. The molecule has 0 spiro atoms. The fourth-order valence-electron chi connectivity index (χ4n) is 1.67. The number of hydrogen-bond acceptors (Lipinski definition) is 2. The first kappa shape index (κ1) is 16.5. The Bertz CT molecular complexity index is 480. The first-order valence-corrected chi connectivity index (χ1v) is 7.05. The summed E-state index contributed by atoms with van der Waals surface area (Å²) >= 11 is 3.32. The summed E-state index contributed by atoms with van der Waals surface area (Å²) < 4.78 is 0.925. The lowest BCUT2D eigenvalue weighted by Crippen LogP contribution is -2.48. The Morgan fingerprint density at radius 2 is 1.80 bits per heavy atom. The molecule has 1 aromatic rings. The third-order valence-electron chi connectivity index (χ3n) is 2.70. The maximum atomic E-state index is 12.3. The van der Waals surface area contributed by atoms with Gasteiger partial charge in [-0.2, -0.15) is 0 Å². The molecule has 0 atom stereocenters. The minimum absolute atomic E-state index is 0.0783. The molecule has 0 saturated carbocycles. The molecule has 0 fully saturated rings. The molecule has 6 heteroatoms. The molecule has 5 nitrogen and oxygen atoms in total. The predicted octanol–water partition coefficient (Wildman–Crippen LogP) is 3.56. The number of aliphatic carboxylic acids is 1. The predicted molar refractivity (Wildman–Crippen MR) is 81.9 cm³/mol. The molecule has 1 rings (SSSR count). The Morgan fingerprint density at radius 1 is 1.25 bits per heavy atom. The first-order valence-electron chi connectivity index (χ1n) is 6.26. The highest BCUT2D eigenvalue weighted by Crippen LogP contribution is 2.18. The standard InChI is InChI=1S/C14H19BrN2O3/c1-14(2,3)17(9-8-12(18)19)13(20)16-11-6-4-10(15)5-7-11/h4-7H,8-9H2,1-3H3,(H,16,20)(H,18,19). The highest BCUT2D eigenvalue weighted by molar-refractivity contribution is 9.10. The zero-order valence-corrected chi connectivity index (χ0v) is 13.4. The Morgan fingerprint density at radius 3 is 2.25 bits per heavy atom. The van der Waals surface area contributed by atoms with Crippen molar-refractivity contribution in [3.8, 4) is 0 Å². The summed E-state index contributed by atoms with van der Waals surface area (Å²) in [5.41, 5.74) is 0.220. The van der Waals surface area contributed by atoms with Gasteiger partial charge in [0.2, 0.25) is 0 Å². The van der Waals surface area contributed by atoms with Crippen LogP contribution in [0.2, 0.25) is 0 Å². The normalized spacial score (nSPS) is 11.0. The number of urea groups is 1. The molecule has 20 heavy (non-hydrogen) atoms. The average molecular weight is 343 g/mol. The van der Waals surface area contributed by atoms with Crippen LogP contribution in [0.1, 0.15) is 27.2 Å². The van der Waals surface area contributed by atoms with Crippen LogP contribution in [-0.4, -0.2) is 34.1 Å². The van der Waals surface area contributed by atoms with Crippen LogP contribution in [0, 0.1) is 0 Å². The van der Waals surface area contributed by atoms with Crippen LogP contribution in [0.4, 0.5) is 10.5 Å². The van der Waals surface area contributed by atoms with Crippen molar-refractivity contribution in [3.63, 3.8) is 0 Å². The van der Waals surface area contributed by atoms with Gasteiger partial charge < -0.3 is 15.3 Å². The highest BCUT2D eigenvalue weighted by Gasteiger charge is 2.26. The van der Waals surface area contributed by atoms with E-state index in [1.54, 1.807) is 12.1 Å². The van der Waals surface area contributed by atoms with Crippen molar-refractivity contribution < 1.29 is 14.7 Å². The Hall–Kier alpha value is -1.56. The number of nitrogens with zero attached hydrogens (tertiary/aromatic N) is 1. The maximum absolute atomic E-state index is 12.3. The van der Waals surface area contributed by atoms with Crippen LogP contribution in [0.3, 0.4) is 0 Å². The lowest BCUT2D eigenvalue weighted by Gasteiger charge is -2.35. The van der Waals surface area contributed by atoms with Crippen LogP contribution >= 0.6 is 15.9 Å². The molecule has 0 radical (unpaired) electrons. The number of halogens is 1. The number of amides is 2. The van der Waals surface area contributed by atoms with Gasteiger partial charge in [-0.3, -0.25) is 4.79 Å². The molecule has 0 aliphatic rings. The lowest BCUT2D eigenvalue weighted by atomic mass is 10.1. The summed E-state index contributed by atoms with van der Waals surface area (Å²) in [5.74, 6) is -0.921. The number of rotatable bonds is 4. The summed E-state index contributed by atoms with van der Waals surface area (Å²) in [6.45, 7) is 5.78. The molecular formula is C14H19BrN2O3. The van der Waals surface area contributed by atoms with E-state index in [1.807, 2.05) is 32.9 Å². The van der Waals surface area contributed by atoms with Crippen molar-refractivity contribution in [2.45, 2.75) is 32.7 Å². The second-order valence-corrected chi connectivity index (χ2v) is 6.32. The average Bonchev–Trinajstić information content (AvgIpc) is 2.30. The zero-order chi connectivity index (χ0) is 15.3. The Labute approximate surface area is 127 Å². The van der Waals surface area contributed by atoms with Gasteiger partial charge in [-0.25, -0.2) is 4.79 Å². The number of anilines is 1. The third-order valence-corrected chi connectivity index (χ3v) is 3.23. The van der Waals surface area contributed by atoms with Crippen LogP contribution < -0.4 is 5.32 Å². The summed E-state index contributed by atoms with van der Waals surface area (Å²) in [4.78, 5) is 24.5. The molecule has 2 amide bonds. The maximum Gasteiger partial charge on any atom is 0.322 e. The number of carbonyl (C=O) groups is 2. The van der Waals surface area contributed by atoms with Gasteiger partial charge >= 0.3 is 12.0 Å². The number of carboxylic acids is 1. The molecule has 0 saturated heterocycles. The fourth-order valence-corrected chi connectivity index (χ4v) is 1.94. The van der Waals surface area contributed by atoms with E-state index < -0.39 is 11.5 Å². The van der Waals surface area contributed by atoms with E-state index >= 15 is 0 Å². The van der Waals surface area contributed by atoms with Crippen LogP contribution in [0.15, 0.2) is 28.7 Å². The molecule has 0 bridgehead atoms. The molecule has 2 N–H and O–H groups in total. The summed E-state index contributed by atoms with van der Waals surface area (Å²) in [6.07, 6.45) is -0.0783. The number of nitrogens with one attached hydrogen (secondary N) is 1. The third kappa shape index (κ3) is 5.21. The molecule has 0 aromatic heterocycles. The minimum Gasteiger partial charge on any atom is -0.481 e. The van der Waals surface area contributed by atoms with Crippen molar-refractivity contribution in [2.75, 3.05) is 11.9 Å². The zero-order valence-electron chi connectivity index (χ0n) is 11.8. The van der Waals surface area contributed by atoms with Gasteiger partial charge in [0.05, 0.1) is 6.42 Å². The number of carbonyl (C=O) groups excluding carboxylic acids is 1. The van der Waals surface area contributed by atoms with Gasteiger partial charge in [0.15, 0.2) is 0 Å². The second-order valence-electron chi connectivity index (χ2n) is 5.40. The smallest absolute Gasteiger partial charge is 0.322 e. The van der Waals surface area contributed by atoms with Crippen LogP contribution in [0.5, 0.6) is 0 Å². The van der Waals surface area contributed by atoms with Crippen LogP contribution in [-0.2, 0) is 4.79 Å². The second kappa shape index (κ2) is 6.74. The van der Waals surface area contributed by atoms with E-state index in [1.165, 1.54) is 4.90 Å². The summed E-state index contributed by atoms with van der Waals surface area (Å²) in [7, 11) is 0. The fraction of sp³-hybridized carbons (Fsp3) is 0.429. The minimum atomic E-state index is -0.921.